The molecule has 1 amide bonds. The van der Waals surface area contributed by atoms with Crippen molar-refractivity contribution < 1.29 is 13.2 Å². The fourth-order valence-corrected chi connectivity index (χ4v) is 5.69. The third-order valence-corrected chi connectivity index (χ3v) is 8.16. The van der Waals surface area contributed by atoms with Gasteiger partial charge in [-0.3, -0.25) is 4.79 Å². The average Bonchev–Trinajstić information content (AvgIpc) is 2.68. The van der Waals surface area contributed by atoms with Crippen LogP contribution in [0.5, 0.6) is 0 Å². The molecule has 1 aliphatic heterocycles. The maximum Gasteiger partial charge on any atom is 0.254 e. The summed E-state index contributed by atoms with van der Waals surface area (Å²) in [7, 11) is -1.69. The molecular weight excluding hydrogens is 360 g/mol. The number of benzene rings is 1. The van der Waals surface area contributed by atoms with E-state index in [1.165, 1.54) is 6.42 Å². The highest BCUT2D eigenvalue weighted by Gasteiger charge is 2.30. The lowest BCUT2D eigenvalue weighted by molar-refractivity contribution is 0.0695. The van der Waals surface area contributed by atoms with E-state index < -0.39 is 10.0 Å². The molecule has 0 aromatic heterocycles. The fourth-order valence-electron chi connectivity index (χ4n) is 4.19. The summed E-state index contributed by atoms with van der Waals surface area (Å²) in [5.74, 6) is 0.500. The van der Waals surface area contributed by atoms with Crippen LogP contribution in [0.25, 0.3) is 0 Å². The van der Waals surface area contributed by atoms with E-state index in [0.29, 0.717) is 24.6 Å². The van der Waals surface area contributed by atoms with Gasteiger partial charge in [0, 0.05) is 31.7 Å². The molecule has 2 fully saturated rings. The molecule has 1 saturated heterocycles. The molecular formula is C21H32N2O3S. The Morgan fingerprint density at radius 2 is 1.70 bits per heavy atom. The Labute approximate surface area is 163 Å². The number of sulfonamides is 1. The van der Waals surface area contributed by atoms with E-state index in [4.69, 9.17) is 0 Å². The fraction of sp³-hybridized carbons (Fsp3) is 0.667. The van der Waals surface area contributed by atoms with Crippen molar-refractivity contribution in [1.29, 1.82) is 0 Å². The topological polar surface area (TPSA) is 57.7 Å². The van der Waals surface area contributed by atoms with E-state index in [1.807, 2.05) is 18.9 Å². The van der Waals surface area contributed by atoms with E-state index in [9.17, 15) is 13.2 Å². The molecule has 1 aliphatic carbocycles. The number of amides is 1. The summed E-state index contributed by atoms with van der Waals surface area (Å²) in [5.41, 5.74) is 1.34. The van der Waals surface area contributed by atoms with Gasteiger partial charge < -0.3 is 4.90 Å². The van der Waals surface area contributed by atoms with Crippen LogP contribution in [0.15, 0.2) is 23.1 Å². The van der Waals surface area contributed by atoms with Crippen LogP contribution >= 0.6 is 0 Å². The molecule has 0 N–H and O–H groups in total. The van der Waals surface area contributed by atoms with Gasteiger partial charge in [0.1, 0.15) is 0 Å². The van der Waals surface area contributed by atoms with Crippen molar-refractivity contribution in [2.75, 3.05) is 20.1 Å². The molecule has 150 valence electrons. The van der Waals surface area contributed by atoms with E-state index in [-0.39, 0.29) is 16.8 Å². The summed E-state index contributed by atoms with van der Waals surface area (Å²) < 4.78 is 27.7. The Balaban J connectivity index is 1.84. The zero-order valence-corrected chi connectivity index (χ0v) is 17.6. The predicted octanol–water partition coefficient (Wildman–Crippen LogP) is 3.82. The zero-order chi connectivity index (χ0) is 19.6. The highest BCUT2D eigenvalue weighted by molar-refractivity contribution is 7.89. The third kappa shape index (κ3) is 4.37. The minimum atomic E-state index is -3.55. The van der Waals surface area contributed by atoms with Crippen molar-refractivity contribution in [3.63, 3.8) is 0 Å². The van der Waals surface area contributed by atoms with Crippen LogP contribution in [0.3, 0.4) is 0 Å². The molecule has 6 heteroatoms. The second-order valence-corrected chi connectivity index (χ2v) is 10.2. The van der Waals surface area contributed by atoms with E-state index in [1.54, 1.807) is 22.5 Å². The van der Waals surface area contributed by atoms with Crippen molar-refractivity contribution in [3.8, 4) is 0 Å². The van der Waals surface area contributed by atoms with Crippen LogP contribution in [0.4, 0.5) is 0 Å². The number of rotatable bonds is 4. The number of hydrogen-bond donors (Lipinski definition) is 0. The van der Waals surface area contributed by atoms with Crippen molar-refractivity contribution in [1.82, 2.24) is 9.21 Å². The second kappa shape index (κ2) is 8.31. The number of aryl methyl sites for hydroxylation is 1. The lowest BCUT2D eigenvalue weighted by Gasteiger charge is -2.32. The normalized spacial score (nSPS) is 20.6. The molecule has 0 radical (unpaired) electrons. The maximum absolute atomic E-state index is 13.1. The van der Waals surface area contributed by atoms with Gasteiger partial charge in [-0.2, -0.15) is 4.31 Å². The molecule has 27 heavy (non-hydrogen) atoms. The molecule has 0 atom stereocenters. The number of nitrogens with zero attached hydrogens (tertiary/aromatic N) is 2. The smallest absolute Gasteiger partial charge is 0.254 e. The van der Waals surface area contributed by atoms with Gasteiger partial charge in [-0.1, -0.05) is 32.3 Å². The van der Waals surface area contributed by atoms with Gasteiger partial charge >= 0.3 is 0 Å². The van der Waals surface area contributed by atoms with Crippen molar-refractivity contribution >= 4 is 15.9 Å². The predicted molar refractivity (Wildman–Crippen MR) is 107 cm³/mol. The maximum atomic E-state index is 13.1. The molecule has 0 spiro atoms. The standard InChI is InChI=1S/C21H32N2O3S/c1-16-11-13-23(14-12-16)27(25,26)19-10-9-17(2)20(15-19)21(24)22(3)18-7-5-4-6-8-18/h9-10,15-16,18H,4-8,11-14H2,1-3H3. The molecule has 1 aromatic carbocycles. The Kier molecular flexibility index (Phi) is 6.26. The molecule has 3 rings (SSSR count). The van der Waals surface area contributed by atoms with Crippen molar-refractivity contribution in [3.05, 3.63) is 29.3 Å². The second-order valence-electron chi connectivity index (χ2n) is 8.27. The molecule has 0 unspecified atom stereocenters. The minimum Gasteiger partial charge on any atom is -0.339 e. The lowest BCUT2D eigenvalue weighted by Crippen LogP contribution is -2.39. The van der Waals surface area contributed by atoms with Gasteiger partial charge in [-0.05, 0) is 56.2 Å². The minimum absolute atomic E-state index is 0.0660. The zero-order valence-electron chi connectivity index (χ0n) is 16.8. The monoisotopic (exact) mass is 392 g/mol. The first kappa shape index (κ1) is 20.3. The first-order chi connectivity index (χ1) is 12.8. The molecule has 2 aliphatic rings. The summed E-state index contributed by atoms with van der Waals surface area (Å²) in [6.07, 6.45) is 7.39. The summed E-state index contributed by atoms with van der Waals surface area (Å²) in [4.78, 5) is 15.1. The number of piperidine rings is 1. The lowest BCUT2D eigenvalue weighted by atomic mass is 9.94. The number of hydrogen-bond acceptors (Lipinski definition) is 3. The van der Waals surface area contributed by atoms with Crippen molar-refractivity contribution in [2.45, 2.75) is 69.7 Å². The van der Waals surface area contributed by atoms with Gasteiger partial charge in [-0.25, -0.2) is 8.42 Å². The largest absolute Gasteiger partial charge is 0.339 e. The molecule has 1 saturated carbocycles. The quantitative estimate of drug-likeness (QED) is 0.783. The Bertz CT molecular complexity index is 777. The van der Waals surface area contributed by atoms with Crippen LogP contribution in [0, 0.1) is 12.8 Å². The van der Waals surface area contributed by atoms with E-state index in [0.717, 1.165) is 44.1 Å². The number of carbonyl (C=O) groups excluding carboxylic acids is 1. The average molecular weight is 393 g/mol. The van der Waals surface area contributed by atoms with Crippen LogP contribution in [-0.4, -0.2) is 49.7 Å². The summed E-state index contributed by atoms with van der Waals surface area (Å²) >= 11 is 0. The number of carbonyl (C=O) groups is 1. The Hall–Kier alpha value is -1.40. The van der Waals surface area contributed by atoms with Gasteiger partial charge in [0.05, 0.1) is 4.90 Å². The van der Waals surface area contributed by atoms with E-state index >= 15 is 0 Å². The van der Waals surface area contributed by atoms with Gasteiger partial charge in [0.2, 0.25) is 10.0 Å². The molecule has 1 aromatic rings. The van der Waals surface area contributed by atoms with Crippen LogP contribution in [-0.2, 0) is 10.0 Å². The van der Waals surface area contributed by atoms with Gasteiger partial charge in [0.25, 0.3) is 5.91 Å². The molecule has 0 bridgehead atoms. The molecule has 1 heterocycles. The summed E-state index contributed by atoms with van der Waals surface area (Å²) in [6, 6.07) is 5.25. The van der Waals surface area contributed by atoms with Crippen LogP contribution < -0.4 is 0 Å². The first-order valence-electron chi connectivity index (χ1n) is 10.2. The summed E-state index contributed by atoms with van der Waals surface area (Å²) in [6.45, 7) is 5.15. The van der Waals surface area contributed by atoms with E-state index in [2.05, 4.69) is 6.92 Å². The third-order valence-electron chi connectivity index (χ3n) is 6.26. The molecule has 5 nitrogen and oxygen atoms in total. The summed E-state index contributed by atoms with van der Waals surface area (Å²) in [5, 5.41) is 0. The highest BCUT2D eigenvalue weighted by atomic mass is 32.2. The Morgan fingerprint density at radius 1 is 1.07 bits per heavy atom. The van der Waals surface area contributed by atoms with Gasteiger partial charge in [-0.15, -0.1) is 0 Å². The SMILES string of the molecule is Cc1ccc(S(=O)(=O)N2CCC(C)CC2)cc1C(=O)N(C)C1CCCCC1. The van der Waals surface area contributed by atoms with Gasteiger partial charge in [0.15, 0.2) is 0 Å². The first-order valence-corrected chi connectivity index (χ1v) is 11.6. The van der Waals surface area contributed by atoms with Crippen LogP contribution in [0.1, 0.15) is 67.8 Å². The van der Waals surface area contributed by atoms with Crippen LogP contribution in [0.2, 0.25) is 0 Å². The Morgan fingerprint density at radius 3 is 2.33 bits per heavy atom. The van der Waals surface area contributed by atoms with Crippen molar-refractivity contribution in [2.24, 2.45) is 5.92 Å². The highest BCUT2D eigenvalue weighted by Crippen LogP contribution is 2.27.